The standard InChI is InChI=1S/C66H127NO5/c1-3-5-7-9-11-13-15-17-19-21-22-23-24-25-26-27-30-34-38-42-46-50-54-58-64(69)63(62-68)67-65(70)59-55-51-47-43-39-35-31-28-29-33-37-41-45-49-53-57-61-72-66(71)60-56-52-48-44-40-36-32-20-18-16-14-12-10-8-6-4-2/h20,32,54,58,63-64,68-69H,3-19,21-31,33-53,55-57,59-62H2,1-2H3,(H,67,70)/b32-20-,58-54+. The molecular formula is C66H127NO5. The van der Waals surface area contributed by atoms with Crippen LogP contribution in [0, 0.1) is 0 Å². The zero-order valence-corrected chi connectivity index (χ0v) is 48.7. The summed E-state index contributed by atoms with van der Waals surface area (Å²) >= 11 is 0. The Kier molecular flexibility index (Phi) is 60.5. The van der Waals surface area contributed by atoms with E-state index in [-0.39, 0.29) is 18.5 Å². The van der Waals surface area contributed by atoms with Crippen molar-refractivity contribution < 1.29 is 24.5 Å². The SMILES string of the molecule is CCCCCCCCC/C=C\CCCCCCCC(=O)OCCCCCCCCCCCCCCCCCCC(=O)NC(CO)C(O)/C=C/CCCCCCCCCCCCCCCCCCCCCCC. The van der Waals surface area contributed by atoms with Crippen LogP contribution in [0.1, 0.15) is 361 Å². The maximum absolute atomic E-state index is 12.5. The van der Waals surface area contributed by atoms with Crippen LogP contribution >= 0.6 is 0 Å². The summed E-state index contributed by atoms with van der Waals surface area (Å²) < 4.78 is 5.48. The molecule has 1 amide bonds. The molecule has 3 N–H and O–H groups in total. The van der Waals surface area contributed by atoms with Crippen molar-refractivity contribution in [1.82, 2.24) is 5.32 Å². The maximum atomic E-state index is 12.5. The third kappa shape index (κ3) is 57.6. The molecule has 0 heterocycles. The summed E-state index contributed by atoms with van der Waals surface area (Å²) in [5, 5.41) is 23.2. The van der Waals surface area contributed by atoms with Gasteiger partial charge in [-0.05, 0) is 57.8 Å². The number of hydrogen-bond donors (Lipinski definition) is 3. The second-order valence-electron chi connectivity index (χ2n) is 22.5. The number of rotatable bonds is 61. The Bertz CT molecular complexity index is 1120. The first-order valence-corrected chi connectivity index (χ1v) is 32.6. The van der Waals surface area contributed by atoms with Gasteiger partial charge in [-0.3, -0.25) is 9.59 Å². The molecule has 0 saturated heterocycles. The van der Waals surface area contributed by atoms with Gasteiger partial charge in [-0.25, -0.2) is 0 Å². The van der Waals surface area contributed by atoms with Gasteiger partial charge in [-0.15, -0.1) is 0 Å². The van der Waals surface area contributed by atoms with Gasteiger partial charge in [0.2, 0.25) is 5.91 Å². The van der Waals surface area contributed by atoms with E-state index in [1.165, 1.54) is 289 Å². The number of carbonyl (C=O) groups excluding carboxylic acids is 2. The molecule has 0 aliphatic rings. The van der Waals surface area contributed by atoms with E-state index in [0.717, 1.165) is 44.9 Å². The molecule has 2 atom stereocenters. The van der Waals surface area contributed by atoms with Crippen LogP contribution in [0.4, 0.5) is 0 Å². The van der Waals surface area contributed by atoms with E-state index in [0.29, 0.717) is 19.4 Å². The summed E-state index contributed by atoms with van der Waals surface area (Å²) in [6.45, 7) is 4.91. The molecule has 72 heavy (non-hydrogen) atoms. The molecule has 0 saturated carbocycles. The number of unbranched alkanes of at least 4 members (excludes halogenated alkanes) is 48. The topological polar surface area (TPSA) is 95.9 Å². The number of hydrogen-bond acceptors (Lipinski definition) is 5. The third-order valence-electron chi connectivity index (χ3n) is 15.2. The Morgan fingerprint density at radius 3 is 0.986 bits per heavy atom. The highest BCUT2D eigenvalue weighted by Gasteiger charge is 2.18. The normalized spacial score (nSPS) is 12.7. The zero-order valence-electron chi connectivity index (χ0n) is 48.7. The maximum Gasteiger partial charge on any atom is 0.305 e. The molecule has 426 valence electrons. The molecule has 6 heteroatoms. The third-order valence-corrected chi connectivity index (χ3v) is 15.2. The minimum atomic E-state index is -0.850. The molecule has 0 aromatic carbocycles. The van der Waals surface area contributed by atoms with Crippen molar-refractivity contribution in [2.45, 2.75) is 373 Å². The zero-order chi connectivity index (χ0) is 52.2. The molecule has 0 fully saturated rings. The Hall–Kier alpha value is -1.66. The Balaban J connectivity index is 3.45. The fourth-order valence-electron chi connectivity index (χ4n) is 10.2. The van der Waals surface area contributed by atoms with Gasteiger partial charge in [-0.2, -0.15) is 0 Å². The van der Waals surface area contributed by atoms with Crippen LogP contribution in [0.15, 0.2) is 24.3 Å². The minimum absolute atomic E-state index is 0.00434. The first-order valence-electron chi connectivity index (χ1n) is 32.6. The van der Waals surface area contributed by atoms with Gasteiger partial charge in [0.05, 0.1) is 25.4 Å². The second kappa shape index (κ2) is 61.9. The lowest BCUT2D eigenvalue weighted by Gasteiger charge is -2.20. The highest BCUT2D eigenvalue weighted by Crippen LogP contribution is 2.18. The number of aliphatic hydroxyl groups excluding tert-OH is 2. The lowest BCUT2D eigenvalue weighted by molar-refractivity contribution is -0.143. The van der Waals surface area contributed by atoms with Crippen molar-refractivity contribution in [3.05, 3.63) is 24.3 Å². The van der Waals surface area contributed by atoms with E-state index in [9.17, 15) is 19.8 Å². The van der Waals surface area contributed by atoms with E-state index >= 15 is 0 Å². The molecule has 0 aromatic heterocycles. The van der Waals surface area contributed by atoms with Crippen molar-refractivity contribution in [3.63, 3.8) is 0 Å². The predicted octanol–water partition coefficient (Wildman–Crippen LogP) is 20.6. The molecule has 0 radical (unpaired) electrons. The molecule has 6 nitrogen and oxygen atoms in total. The van der Waals surface area contributed by atoms with E-state index < -0.39 is 12.1 Å². The number of aliphatic hydroxyl groups is 2. The van der Waals surface area contributed by atoms with Crippen LogP contribution in [0.3, 0.4) is 0 Å². The van der Waals surface area contributed by atoms with Crippen molar-refractivity contribution in [1.29, 1.82) is 0 Å². The number of amides is 1. The number of esters is 1. The van der Waals surface area contributed by atoms with Crippen molar-refractivity contribution >= 4 is 11.9 Å². The van der Waals surface area contributed by atoms with Gasteiger partial charge in [0, 0.05) is 12.8 Å². The largest absolute Gasteiger partial charge is 0.466 e. The molecular weight excluding hydrogens is 887 g/mol. The van der Waals surface area contributed by atoms with Gasteiger partial charge < -0.3 is 20.3 Å². The molecule has 2 unspecified atom stereocenters. The monoisotopic (exact) mass is 1010 g/mol. The van der Waals surface area contributed by atoms with Crippen LogP contribution in [-0.4, -0.2) is 47.4 Å². The first kappa shape index (κ1) is 70.3. The average molecular weight is 1010 g/mol. The predicted molar refractivity (Wildman–Crippen MR) is 315 cm³/mol. The fraction of sp³-hybridized carbons (Fsp3) is 0.909. The minimum Gasteiger partial charge on any atom is -0.466 e. The van der Waals surface area contributed by atoms with Crippen LogP contribution < -0.4 is 5.32 Å². The molecule has 0 aliphatic heterocycles. The van der Waals surface area contributed by atoms with E-state index in [4.69, 9.17) is 4.74 Å². The Morgan fingerprint density at radius 2 is 0.653 bits per heavy atom. The van der Waals surface area contributed by atoms with Crippen LogP contribution in [0.25, 0.3) is 0 Å². The molecule has 0 aliphatic carbocycles. The van der Waals surface area contributed by atoms with Gasteiger partial charge in [0.1, 0.15) is 0 Å². The number of carbonyl (C=O) groups is 2. The first-order chi connectivity index (χ1) is 35.5. The summed E-state index contributed by atoms with van der Waals surface area (Å²) in [5.41, 5.74) is 0. The van der Waals surface area contributed by atoms with Crippen LogP contribution in [0.5, 0.6) is 0 Å². The Labute approximate surface area is 450 Å². The highest BCUT2D eigenvalue weighted by atomic mass is 16.5. The lowest BCUT2D eigenvalue weighted by Crippen LogP contribution is -2.45. The van der Waals surface area contributed by atoms with E-state index in [1.807, 2.05) is 6.08 Å². The van der Waals surface area contributed by atoms with Gasteiger partial charge in [-0.1, -0.05) is 314 Å². The van der Waals surface area contributed by atoms with Gasteiger partial charge in [0.15, 0.2) is 0 Å². The molecule has 0 aromatic rings. The summed E-state index contributed by atoms with van der Waals surface area (Å²) in [7, 11) is 0. The van der Waals surface area contributed by atoms with E-state index in [2.05, 4.69) is 31.3 Å². The lowest BCUT2D eigenvalue weighted by atomic mass is 10.0. The highest BCUT2D eigenvalue weighted by molar-refractivity contribution is 5.76. The number of allylic oxidation sites excluding steroid dienone is 3. The molecule has 0 rings (SSSR count). The van der Waals surface area contributed by atoms with Crippen LogP contribution in [-0.2, 0) is 14.3 Å². The number of ether oxygens (including phenoxy) is 1. The van der Waals surface area contributed by atoms with Crippen molar-refractivity contribution in [2.24, 2.45) is 0 Å². The summed E-state index contributed by atoms with van der Waals surface area (Å²) in [4.78, 5) is 24.6. The summed E-state index contributed by atoms with van der Waals surface area (Å²) in [5.74, 6) is -0.0756. The van der Waals surface area contributed by atoms with Gasteiger partial charge >= 0.3 is 5.97 Å². The van der Waals surface area contributed by atoms with Gasteiger partial charge in [0.25, 0.3) is 0 Å². The molecule has 0 bridgehead atoms. The van der Waals surface area contributed by atoms with E-state index in [1.54, 1.807) is 6.08 Å². The van der Waals surface area contributed by atoms with Crippen molar-refractivity contribution in [3.8, 4) is 0 Å². The second-order valence-corrected chi connectivity index (χ2v) is 22.5. The Morgan fingerprint density at radius 1 is 0.375 bits per heavy atom. The number of nitrogens with one attached hydrogen (secondary N) is 1. The quantitative estimate of drug-likeness (QED) is 0.0320. The van der Waals surface area contributed by atoms with Crippen LogP contribution in [0.2, 0.25) is 0 Å². The fourth-order valence-corrected chi connectivity index (χ4v) is 10.2. The molecule has 0 spiro atoms. The van der Waals surface area contributed by atoms with Crippen molar-refractivity contribution in [2.75, 3.05) is 13.2 Å². The summed E-state index contributed by atoms with van der Waals surface area (Å²) in [6, 6.07) is -0.634. The summed E-state index contributed by atoms with van der Waals surface area (Å²) in [6.07, 6.45) is 76.5. The smallest absolute Gasteiger partial charge is 0.305 e. The average Bonchev–Trinajstić information content (AvgIpc) is 3.38.